The second kappa shape index (κ2) is 16.4. The van der Waals surface area contributed by atoms with Crippen molar-refractivity contribution in [3.63, 3.8) is 0 Å². The molecular weight excluding hydrogens is 703 g/mol. The van der Waals surface area contributed by atoms with Gasteiger partial charge in [0, 0.05) is 12.7 Å². The fraction of sp³-hybridized carbons (Fsp3) is 0.351. The van der Waals surface area contributed by atoms with E-state index in [2.05, 4.69) is 26.7 Å². The van der Waals surface area contributed by atoms with E-state index in [0.29, 0.717) is 30.1 Å². The molecule has 53 heavy (non-hydrogen) atoms. The van der Waals surface area contributed by atoms with Gasteiger partial charge in [0.15, 0.2) is 0 Å². The number of hydrogen-bond donors (Lipinski definition) is 1. The molecular formula is C37H41N7O8S. The third-order valence-electron chi connectivity index (χ3n) is 8.80. The Labute approximate surface area is 307 Å². The Balaban J connectivity index is 0.00000175. The summed E-state index contributed by atoms with van der Waals surface area (Å²) in [6.45, 7) is 10.2. The Hall–Kier alpha value is -5.54. The van der Waals surface area contributed by atoms with E-state index in [-0.39, 0.29) is 36.8 Å². The highest BCUT2D eigenvalue weighted by atomic mass is 32.2. The quantitative estimate of drug-likeness (QED) is 0.191. The molecule has 1 aliphatic heterocycles. The van der Waals surface area contributed by atoms with Crippen LogP contribution in [0.4, 0.5) is 0 Å². The van der Waals surface area contributed by atoms with Crippen LogP contribution in [0.15, 0.2) is 84.0 Å². The summed E-state index contributed by atoms with van der Waals surface area (Å²) in [7, 11) is -3.87. The highest BCUT2D eigenvalue weighted by Crippen LogP contribution is 2.39. The van der Waals surface area contributed by atoms with Crippen LogP contribution >= 0.6 is 0 Å². The van der Waals surface area contributed by atoms with E-state index in [1.54, 1.807) is 53.7 Å². The van der Waals surface area contributed by atoms with Crippen LogP contribution in [0.3, 0.4) is 0 Å². The average Bonchev–Trinajstić information content (AvgIpc) is 3.71. The molecule has 0 spiro atoms. The van der Waals surface area contributed by atoms with Crippen LogP contribution < -0.4 is 4.74 Å². The molecule has 5 aromatic rings. The van der Waals surface area contributed by atoms with Crippen LogP contribution in [-0.4, -0.2) is 72.6 Å². The number of carbonyl (C=O) groups excluding carboxylic acids is 2. The van der Waals surface area contributed by atoms with Crippen LogP contribution in [-0.2, 0) is 55.4 Å². The van der Waals surface area contributed by atoms with E-state index in [0.717, 1.165) is 27.9 Å². The van der Waals surface area contributed by atoms with Gasteiger partial charge in [-0.25, -0.2) is 17.8 Å². The molecule has 278 valence electrons. The van der Waals surface area contributed by atoms with Crippen molar-refractivity contribution < 1.29 is 37.4 Å². The van der Waals surface area contributed by atoms with Crippen LogP contribution in [0.5, 0.6) is 5.75 Å². The Morgan fingerprint density at radius 2 is 1.62 bits per heavy atom. The molecule has 2 aromatic heterocycles. The minimum Gasteiger partial charge on any atom is -0.488 e. The molecule has 3 aromatic carbocycles. The molecule has 3 heterocycles. The normalized spacial score (nSPS) is 15.9. The van der Waals surface area contributed by atoms with E-state index in [1.807, 2.05) is 63.4 Å². The van der Waals surface area contributed by atoms with Crippen LogP contribution in [0.25, 0.3) is 0 Å². The van der Waals surface area contributed by atoms with E-state index in [9.17, 15) is 18.3 Å². The molecule has 0 fully saturated rings. The van der Waals surface area contributed by atoms with Crippen molar-refractivity contribution in [2.75, 3.05) is 6.54 Å². The molecule has 0 radical (unpaired) electrons. The molecule has 6 rings (SSSR count). The first-order valence-electron chi connectivity index (χ1n) is 16.7. The van der Waals surface area contributed by atoms with Gasteiger partial charge >= 0.3 is 12.1 Å². The summed E-state index contributed by atoms with van der Waals surface area (Å²) >= 11 is 0. The lowest BCUT2D eigenvalue weighted by molar-refractivity contribution is -0.191. The number of benzene rings is 3. The SMILES string of the molecule is Cc1cn(Cc2cccc(Cn3cc(COC(c4ccc(C)c(CN5C[C@@H](C)Oc6ccccc6S5(=O)=O)c4)C(C)(C)C(=O)O)nn3)c2)nn1.O=C=O. The number of hydrogen-bond acceptors (Lipinski definition) is 11. The summed E-state index contributed by atoms with van der Waals surface area (Å²) in [4.78, 5) is 28.9. The van der Waals surface area contributed by atoms with Gasteiger partial charge in [-0.05, 0) is 74.6 Å². The topological polar surface area (TPSA) is 189 Å². The van der Waals surface area contributed by atoms with Gasteiger partial charge in [-0.2, -0.15) is 13.9 Å². The number of para-hydroxylation sites is 1. The molecule has 0 saturated heterocycles. The lowest BCUT2D eigenvalue weighted by atomic mass is 9.81. The van der Waals surface area contributed by atoms with E-state index in [1.165, 1.54) is 4.31 Å². The summed E-state index contributed by atoms with van der Waals surface area (Å²) < 4.78 is 44.7. The number of fused-ring (bicyclic) bond motifs is 1. The Morgan fingerprint density at radius 1 is 0.962 bits per heavy atom. The molecule has 16 heteroatoms. The number of aromatic nitrogens is 6. The highest BCUT2D eigenvalue weighted by Gasteiger charge is 2.40. The van der Waals surface area contributed by atoms with Gasteiger partial charge in [-0.15, -0.1) is 10.2 Å². The third kappa shape index (κ3) is 9.28. The van der Waals surface area contributed by atoms with Crippen molar-refractivity contribution in [3.05, 3.63) is 118 Å². The van der Waals surface area contributed by atoms with Crippen LogP contribution in [0.2, 0.25) is 0 Å². The molecule has 0 bridgehead atoms. The maximum Gasteiger partial charge on any atom is 0.373 e. The molecule has 1 N–H and O–H groups in total. The van der Waals surface area contributed by atoms with Gasteiger partial charge in [-0.3, -0.25) is 4.79 Å². The molecule has 0 amide bonds. The fourth-order valence-corrected chi connectivity index (χ4v) is 7.67. The number of carboxylic acid groups (broad SMARTS) is 1. The number of ether oxygens (including phenoxy) is 2. The van der Waals surface area contributed by atoms with Crippen molar-refractivity contribution in [1.82, 2.24) is 34.3 Å². The van der Waals surface area contributed by atoms with Gasteiger partial charge in [-0.1, -0.05) is 65.0 Å². The number of sulfonamides is 1. The first-order chi connectivity index (χ1) is 25.2. The van der Waals surface area contributed by atoms with Gasteiger partial charge in [0.05, 0.1) is 49.7 Å². The second-order valence-corrected chi connectivity index (χ2v) is 15.4. The number of aryl methyl sites for hydroxylation is 2. The third-order valence-corrected chi connectivity index (χ3v) is 10.7. The molecule has 0 aliphatic carbocycles. The second-order valence-electron chi connectivity index (χ2n) is 13.4. The number of carboxylic acids is 1. The summed E-state index contributed by atoms with van der Waals surface area (Å²) in [6, 6.07) is 20.3. The van der Waals surface area contributed by atoms with Gasteiger partial charge in [0.1, 0.15) is 22.4 Å². The maximum absolute atomic E-state index is 13.7. The summed E-state index contributed by atoms with van der Waals surface area (Å²) in [5.41, 5.74) is 4.39. The van der Waals surface area contributed by atoms with Crippen molar-refractivity contribution in [1.29, 1.82) is 0 Å². The first kappa shape index (κ1) is 38.7. The minimum atomic E-state index is -3.87. The molecule has 2 atom stereocenters. The Morgan fingerprint density at radius 3 is 2.28 bits per heavy atom. The average molecular weight is 744 g/mol. The predicted octanol–water partition coefficient (Wildman–Crippen LogP) is 4.34. The van der Waals surface area contributed by atoms with E-state index >= 15 is 0 Å². The van der Waals surface area contributed by atoms with Crippen molar-refractivity contribution >= 4 is 22.1 Å². The van der Waals surface area contributed by atoms with E-state index < -0.39 is 27.5 Å². The smallest absolute Gasteiger partial charge is 0.373 e. The molecule has 1 unspecified atom stereocenters. The number of aliphatic carboxylic acids is 1. The number of carbonyl (C=O) groups is 1. The van der Waals surface area contributed by atoms with Crippen molar-refractivity contribution in [3.8, 4) is 5.75 Å². The summed E-state index contributed by atoms with van der Waals surface area (Å²) in [6.07, 6.45) is 2.66. The largest absolute Gasteiger partial charge is 0.488 e. The summed E-state index contributed by atoms with van der Waals surface area (Å²) in [5.74, 6) is -0.708. The minimum absolute atomic E-state index is 0.0163. The predicted molar refractivity (Wildman–Crippen MR) is 189 cm³/mol. The zero-order chi connectivity index (χ0) is 38.3. The standard InChI is InChI=1S/C36H41N7O6S.CO2/c1-24-13-14-29(16-30(24)21-43-18-26(3)49-32-11-6-7-12-33(32)50(43,46)47)34(36(4,5)35(44)45)48-23-31-22-42(40-38-31)20-28-10-8-9-27(15-28)19-41-17-25(2)37-39-41;2-1-3/h6-17,22,26,34H,18-21,23H2,1-5H3,(H,44,45);/t26-,34?;/m1./s1. The van der Waals surface area contributed by atoms with Crippen molar-refractivity contribution in [2.24, 2.45) is 5.41 Å². The van der Waals surface area contributed by atoms with Crippen LogP contribution in [0.1, 0.15) is 66.1 Å². The lowest BCUT2D eigenvalue weighted by Gasteiger charge is -2.31. The first-order valence-corrected chi connectivity index (χ1v) is 18.2. The molecule has 15 nitrogen and oxygen atoms in total. The highest BCUT2D eigenvalue weighted by molar-refractivity contribution is 7.89. The van der Waals surface area contributed by atoms with Gasteiger partial charge < -0.3 is 14.6 Å². The van der Waals surface area contributed by atoms with Crippen LogP contribution in [0, 0.1) is 19.3 Å². The van der Waals surface area contributed by atoms with Gasteiger partial charge in [0.25, 0.3) is 0 Å². The van der Waals surface area contributed by atoms with Crippen molar-refractivity contribution in [2.45, 2.75) is 78.0 Å². The maximum atomic E-state index is 13.7. The Kier molecular flexibility index (Phi) is 12.0. The van der Waals surface area contributed by atoms with E-state index in [4.69, 9.17) is 19.1 Å². The lowest BCUT2D eigenvalue weighted by Crippen LogP contribution is -2.36. The number of nitrogens with zero attached hydrogens (tertiary/aromatic N) is 7. The number of rotatable bonds is 12. The van der Waals surface area contributed by atoms with Gasteiger partial charge in [0.2, 0.25) is 10.0 Å². The zero-order valence-corrected chi connectivity index (χ0v) is 30.9. The monoisotopic (exact) mass is 743 g/mol. The fourth-order valence-electron chi connectivity index (χ4n) is 6.06. The zero-order valence-electron chi connectivity index (χ0n) is 30.0. The Bertz CT molecular complexity index is 2210. The molecule has 0 saturated carbocycles. The molecule has 1 aliphatic rings. The summed E-state index contributed by atoms with van der Waals surface area (Å²) in [5, 5.41) is 27.0.